The first-order chi connectivity index (χ1) is 10.9. The van der Waals surface area contributed by atoms with Crippen LogP contribution in [0.2, 0.25) is 0 Å². The van der Waals surface area contributed by atoms with E-state index < -0.39 is 0 Å². The van der Waals surface area contributed by atoms with Crippen LogP contribution in [0.3, 0.4) is 0 Å². The van der Waals surface area contributed by atoms with Crippen LogP contribution in [0, 0.1) is 34.5 Å². The van der Waals surface area contributed by atoms with Gasteiger partial charge in [-0.3, -0.25) is 4.79 Å². The predicted octanol–water partition coefficient (Wildman–Crippen LogP) is 4.52. The standard InChI is InChI=1S/C21H32O2/c1-4-13-11-14-12-15(22)7-9-20(14,2)17-8-10-21(3)16(19(13)17)5-6-18(21)23/h12-13,16-19,23H,4-11H2,1-3H3/t13?,16-,17-,18-,19-,20-,21-/m0/s1. The van der Waals surface area contributed by atoms with Gasteiger partial charge < -0.3 is 5.11 Å². The third kappa shape index (κ3) is 2.06. The molecule has 0 saturated heterocycles. The summed E-state index contributed by atoms with van der Waals surface area (Å²) in [5.74, 6) is 3.23. The molecule has 2 nitrogen and oxygen atoms in total. The van der Waals surface area contributed by atoms with Crippen molar-refractivity contribution in [2.45, 2.75) is 78.2 Å². The third-order valence-corrected chi connectivity index (χ3v) is 8.61. The first-order valence-electron chi connectivity index (χ1n) is 9.82. The van der Waals surface area contributed by atoms with Gasteiger partial charge in [0.15, 0.2) is 5.78 Å². The maximum Gasteiger partial charge on any atom is 0.155 e. The van der Waals surface area contributed by atoms with Gasteiger partial charge in [0.05, 0.1) is 6.10 Å². The Hall–Kier alpha value is -0.630. The van der Waals surface area contributed by atoms with E-state index in [2.05, 4.69) is 20.8 Å². The van der Waals surface area contributed by atoms with Crippen molar-refractivity contribution in [1.29, 1.82) is 0 Å². The van der Waals surface area contributed by atoms with Crippen molar-refractivity contribution in [3.05, 3.63) is 11.6 Å². The SMILES string of the molecule is CCC1CC2=CC(=O)CC[C@]2(C)[C@H]2CC[C@]3(C)[C@@H](O)CC[C@H]3[C@H]12. The van der Waals surface area contributed by atoms with Crippen LogP contribution >= 0.6 is 0 Å². The normalized spacial score (nSPS) is 52.4. The van der Waals surface area contributed by atoms with E-state index in [4.69, 9.17) is 0 Å². The third-order valence-electron chi connectivity index (χ3n) is 8.61. The van der Waals surface area contributed by atoms with Gasteiger partial charge in [0, 0.05) is 6.42 Å². The highest BCUT2D eigenvalue weighted by atomic mass is 16.3. The van der Waals surface area contributed by atoms with Crippen LogP contribution in [0.4, 0.5) is 0 Å². The second kappa shape index (κ2) is 5.18. The Kier molecular flexibility index (Phi) is 3.58. The summed E-state index contributed by atoms with van der Waals surface area (Å²) in [5.41, 5.74) is 1.86. The molecule has 0 aromatic rings. The number of fused-ring (bicyclic) bond motifs is 5. The highest BCUT2D eigenvalue weighted by molar-refractivity contribution is 5.91. The number of aliphatic hydroxyl groups excluding tert-OH is 1. The zero-order valence-electron chi connectivity index (χ0n) is 15.0. The highest BCUT2D eigenvalue weighted by Gasteiger charge is 2.60. The fraction of sp³-hybridized carbons (Fsp3) is 0.857. The van der Waals surface area contributed by atoms with Crippen LogP contribution in [-0.4, -0.2) is 17.0 Å². The Bertz CT molecular complexity index is 550. The lowest BCUT2D eigenvalue weighted by atomic mass is 9.44. The quantitative estimate of drug-likeness (QED) is 0.772. The minimum absolute atomic E-state index is 0.0939. The largest absolute Gasteiger partial charge is 0.393 e. The second-order valence-corrected chi connectivity index (χ2v) is 9.35. The Labute approximate surface area is 140 Å². The number of carbonyl (C=O) groups is 1. The molecule has 0 aromatic carbocycles. The fourth-order valence-corrected chi connectivity index (χ4v) is 7.09. The highest BCUT2D eigenvalue weighted by Crippen LogP contribution is 2.66. The Morgan fingerprint density at radius 2 is 1.96 bits per heavy atom. The van der Waals surface area contributed by atoms with E-state index in [-0.39, 0.29) is 16.9 Å². The van der Waals surface area contributed by atoms with Gasteiger partial charge in [0.2, 0.25) is 0 Å². The molecule has 3 saturated carbocycles. The molecule has 4 rings (SSSR count). The minimum Gasteiger partial charge on any atom is -0.393 e. The molecule has 2 heteroatoms. The summed E-state index contributed by atoms with van der Waals surface area (Å²) in [6.45, 7) is 7.13. The molecule has 0 radical (unpaired) electrons. The molecule has 0 heterocycles. The average Bonchev–Trinajstić information content (AvgIpc) is 2.83. The van der Waals surface area contributed by atoms with Gasteiger partial charge in [-0.25, -0.2) is 0 Å². The maximum absolute atomic E-state index is 12.0. The molecular formula is C21H32O2. The van der Waals surface area contributed by atoms with Crippen molar-refractivity contribution in [2.75, 3.05) is 0 Å². The zero-order chi connectivity index (χ0) is 16.4. The number of allylic oxidation sites excluding steroid dienone is 1. The fourth-order valence-electron chi connectivity index (χ4n) is 7.09. The minimum atomic E-state index is -0.0939. The van der Waals surface area contributed by atoms with Gasteiger partial charge in [0.1, 0.15) is 0 Å². The predicted molar refractivity (Wildman–Crippen MR) is 91.9 cm³/mol. The molecule has 0 aliphatic heterocycles. The van der Waals surface area contributed by atoms with E-state index in [1.54, 1.807) is 0 Å². The van der Waals surface area contributed by atoms with Crippen LogP contribution in [0.5, 0.6) is 0 Å². The first-order valence-corrected chi connectivity index (χ1v) is 9.82. The van der Waals surface area contributed by atoms with Gasteiger partial charge >= 0.3 is 0 Å². The van der Waals surface area contributed by atoms with E-state index in [1.165, 1.54) is 31.3 Å². The van der Waals surface area contributed by atoms with E-state index in [0.29, 0.717) is 17.6 Å². The molecular weight excluding hydrogens is 284 g/mol. The lowest BCUT2D eigenvalue weighted by molar-refractivity contribution is -0.120. The maximum atomic E-state index is 12.0. The van der Waals surface area contributed by atoms with Gasteiger partial charge in [-0.05, 0) is 79.1 Å². The van der Waals surface area contributed by atoms with Gasteiger partial charge in [-0.15, -0.1) is 0 Å². The summed E-state index contributed by atoms with van der Waals surface area (Å²) in [5, 5.41) is 10.6. The Balaban J connectivity index is 1.75. The molecule has 0 spiro atoms. The smallest absolute Gasteiger partial charge is 0.155 e. The number of rotatable bonds is 1. The van der Waals surface area contributed by atoms with Gasteiger partial charge in [0.25, 0.3) is 0 Å². The summed E-state index contributed by atoms with van der Waals surface area (Å²) in [7, 11) is 0. The van der Waals surface area contributed by atoms with E-state index >= 15 is 0 Å². The summed E-state index contributed by atoms with van der Waals surface area (Å²) in [6.07, 6.45) is 10.7. The van der Waals surface area contributed by atoms with Gasteiger partial charge in [-0.2, -0.15) is 0 Å². The summed E-state index contributed by atoms with van der Waals surface area (Å²) < 4.78 is 0. The Morgan fingerprint density at radius 1 is 1.17 bits per heavy atom. The number of carbonyl (C=O) groups excluding carboxylic acids is 1. The van der Waals surface area contributed by atoms with Crippen molar-refractivity contribution in [1.82, 2.24) is 0 Å². The number of aliphatic hydroxyl groups is 1. The summed E-state index contributed by atoms with van der Waals surface area (Å²) >= 11 is 0. The van der Waals surface area contributed by atoms with E-state index in [1.807, 2.05) is 6.08 Å². The summed E-state index contributed by atoms with van der Waals surface area (Å²) in [6, 6.07) is 0. The lowest BCUT2D eigenvalue weighted by Crippen LogP contribution is -2.54. The van der Waals surface area contributed by atoms with Crippen LogP contribution < -0.4 is 0 Å². The number of hydrogen-bond acceptors (Lipinski definition) is 2. The molecule has 3 fully saturated rings. The monoisotopic (exact) mass is 316 g/mol. The molecule has 0 amide bonds. The molecule has 0 aromatic heterocycles. The molecule has 0 bridgehead atoms. The van der Waals surface area contributed by atoms with Crippen molar-refractivity contribution in [3.8, 4) is 0 Å². The Morgan fingerprint density at radius 3 is 2.70 bits per heavy atom. The first kappa shape index (κ1) is 15.9. The van der Waals surface area contributed by atoms with Crippen LogP contribution in [0.25, 0.3) is 0 Å². The van der Waals surface area contributed by atoms with E-state index in [0.717, 1.165) is 37.5 Å². The molecule has 1 unspecified atom stereocenters. The molecule has 4 aliphatic rings. The van der Waals surface area contributed by atoms with Gasteiger partial charge in [-0.1, -0.05) is 32.8 Å². The van der Waals surface area contributed by atoms with Crippen molar-refractivity contribution < 1.29 is 9.90 Å². The van der Waals surface area contributed by atoms with Crippen LogP contribution in [-0.2, 0) is 4.79 Å². The van der Waals surface area contributed by atoms with E-state index in [9.17, 15) is 9.90 Å². The topological polar surface area (TPSA) is 37.3 Å². The van der Waals surface area contributed by atoms with Crippen molar-refractivity contribution >= 4 is 5.78 Å². The zero-order valence-corrected chi connectivity index (χ0v) is 15.0. The number of hydrogen-bond donors (Lipinski definition) is 1. The van der Waals surface area contributed by atoms with Crippen molar-refractivity contribution in [2.24, 2.45) is 34.5 Å². The summed E-state index contributed by atoms with van der Waals surface area (Å²) in [4.78, 5) is 12.0. The second-order valence-electron chi connectivity index (χ2n) is 9.35. The average molecular weight is 316 g/mol. The van der Waals surface area contributed by atoms with Crippen molar-refractivity contribution in [3.63, 3.8) is 0 Å². The van der Waals surface area contributed by atoms with Crippen LogP contribution in [0.1, 0.15) is 72.1 Å². The molecule has 7 atom stereocenters. The molecule has 23 heavy (non-hydrogen) atoms. The lowest BCUT2D eigenvalue weighted by Gasteiger charge is -2.60. The molecule has 1 N–H and O–H groups in total. The molecule has 128 valence electrons. The number of ketones is 1. The molecule has 4 aliphatic carbocycles. The van der Waals surface area contributed by atoms with Crippen LogP contribution in [0.15, 0.2) is 11.6 Å².